The Hall–Kier alpha value is -1.56. The third-order valence-electron chi connectivity index (χ3n) is 1.66. The van der Waals surface area contributed by atoms with Crippen molar-refractivity contribution in [3.05, 3.63) is 12.0 Å². The maximum Gasteiger partial charge on any atom is 0.357 e. The van der Waals surface area contributed by atoms with E-state index in [9.17, 15) is 4.79 Å². The van der Waals surface area contributed by atoms with Gasteiger partial charge in [-0.15, -0.1) is 0 Å². The van der Waals surface area contributed by atoms with Gasteiger partial charge in [-0.1, -0.05) is 0 Å². The predicted molar refractivity (Wildman–Crippen MR) is 48.2 cm³/mol. The van der Waals surface area contributed by atoms with Crippen molar-refractivity contribution in [1.29, 1.82) is 0 Å². The Kier molecular flexibility index (Phi) is 3.47. The molecule has 0 radical (unpaired) electrons. The minimum Gasteiger partial charge on any atom is -0.476 e. The number of aliphatic hydroxyl groups excluding tert-OH is 1. The molecule has 6 heteroatoms. The molecule has 0 saturated heterocycles. The Labute approximate surface area is 80.6 Å². The van der Waals surface area contributed by atoms with Crippen molar-refractivity contribution in [1.82, 2.24) is 4.98 Å². The smallest absolute Gasteiger partial charge is 0.357 e. The molecule has 1 aromatic heterocycles. The lowest BCUT2D eigenvalue weighted by Gasteiger charge is -2.08. The number of nitrogens with one attached hydrogen (secondary N) is 1. The molecule has 1 heterocycles. The summed E-state index contributed by atoms with van der Waals surface area (Å²) in [6.07, 6.45) is 1.61. The van der Waals surface area contributed by atoms with Gasteiger partial charge in [0.1, 0.15) is 6.26 Å². The van der Waals surface area contributed by atoms with Crippen molar-refractivity contribution < 1.29 is 19.4 Å². The van der Waals surface area contributed by atoms with Crippen molar-refractivity contribution in [2.24, 2.45) is 0 Å². The third kappa shape index (κ3) is 2.74. The maximum atomic E-state index is 10.4. The summed E-state index contributed by atoms with van der Waals surface area (Å²) in [6, 6.07) is 0.142. The molecule has 0 amide bonds. The van der Waals surface area contributed by atoms with E-state index in [4.69, 9.17) is 14.6 Å². The standard InChI is InChI=1S/C8H12N2O4/c1-5(2-3-11)9-8-10-6(4-14-8)7(12)13/h4-5,11H,2-3H2,1H3,(H,9,10)(H,12,13). The number of carbonyl (C=O) groups is 1. The largest absolute Gasteiger partial charge is 0.476 e. The van der Waals surface area contributed by atoms with Crippen LogP contribution < -0.4 is 5.32 Å². The number of oxazole rings is 1. The molecular weight excluding hydrogens is 188 g/mol. The molecule has 1 rings (SSSR count). The van der Waals surface area contributed by atoms with Crippen molar-refractivity contribution >= 4 is 12.0 Å². The highest BCUT2D eigenvalue weighted by Crippen LogP contribution is 2.09. The summed E-state index contributed by atoms with van der Waals surface area (Å²) >= 11 is 0. The normalized spacial score (nSPS) is 12.4. The Bertz CT molecular complexity index is 310. The molecule has 0 aromatic carbocycles. The summed E-state index contributed by atoms with van der Waals surface area (Å²) in [6.45, 7) is 1.89. The molecule has 0 saturated carbocycles. The van der Waals surface area contributed by atoms with Crippen molar-refractivity contribution in [3.8, 4) is 0 Å². The van der Waals surface area contributed by atoms with Crippen molar-refractivity contribution in [2.75, 3.05) is 11.9 Å². The van der Waals surface area contributed by atoms with Gasteiger partial charge < -0.3 is 19.9 Å². The zero-order chi connectivity index (χ0) is 10.6. The first kappa shape index (κ1) is 10.5. The van der Waals surface area contributed by atoms with E-state index < -0.39 is 5.97 Å². The number of rotatable bonds is 5. The topological polar surface area (TPSA) is 95.6 Å². The minimum absolute atomic E-state index is 0.0136. The van der Waals surface area contributed by atoms with Crippen LogP contribution in [0.3, 0.4) is 0 Å². The number of nitrogens with zero attached hydrogens (tertiary/aromatic N) is 1. The van der Waals surface area contributed by atoms with Crippen LogP contribution in [0.4, 0.5) is 6.01 Å². The third-order valence-corrected chi connectivity index (χ3v) is 1.66. The fourth-order valence-corrected chi connectivity index (χ4v) is 0.915. The van der Waals surface area contributed by atoms with Gasteiger partial charge in [0.25, 0.3) is 6.01 Å². The first-order valence-corrected chi connectivity index (χ1v) is 4.19. The van der Waals surface area contributed by atoms with Crippen LogP contribution in [0, 0.1) is 0 Å². The predicted octanol–water partition coefficient (Wildman–Crippen LogP) is 0.556. The van der Waals surface area contributed by atoms with Crippen LogP contribution in [-0.4, -0.2) is 33.8 Å². The molecule has 0 bridgehead atoms. The summed E-state index contributed by atoms with van der Waals surface area (Å²) in [7, 11) is 0. The Morgan fingerprint density at radius 2 is 2.50 bits per heavy atom. The quantitative estimate of drug-likeness (QED) is 0.642. The number of hydrogen-bond donors (Lipinski definition) is 3. The Balaban J connectivity index is 2.55. The first-order chi connectivity index (χ1) is 6.63. The number of aromatic carboxylic acids is 1. The molecule has 0 spiro atoms. The molecular formula is C8H12N2O4. The van der Waals surface area contributed by atoms with E-state index in [0.29, 0.717) is 6.42 Å². The summed E-state index contributed by atoms with van der Waals surface area (Å²) in [5.74, 6) is -1.13. The van der Waals surface area contributed by atoms with Gasteiger partial charge in [0.2, 0.25) is 0 Å². The highest BCUT2D eigenvalue weighted by Gasteiger charge is 2.11. The molecule has 1 unspecified atom stereocenters. The molecule has 0 aliphatic rings. The minimum atomic E-state index is -1.13. The average Bonchev–Trinajstić information content (AvgIpc) is 2.53. The fourth-order valence-electron chi connectivity index (χ4n) is 0.915. The molecule has 0 fully saturated rings. The lowest BCUT2D eigenvalue weighted by atomic mass is 10.2. The molecule has 1 atom stereocenters. The van der Waals surface area contributed by atoms with E-state index in [0.717, 1.165) is 6.26 Å². The zero-order valence-corrected chi connectivity index (χ0v) is 7.73. The number of carboxylic acid groups (broad SMARTS) is 1. The van der Waals surface area contributed by atoms with E-state index in [1.54, 1.807) is 0 Å². The van der Waals surface area contributed by atoms with E-state index in [2.05, 4.69) is 10.3 Å². The zero-order valence-electron chi connectivity index (χ0n) is 7.73. The molecule has 0 aliphatic heterocycles. The number of hydrogen-bond acceptors (Lipinski definition) is 5. The second kappa shape index (κ2) is 4.61. The number of aliphatic hydroxyl groups is 1. The molecule has 1 aromatic rings. The molecule has 3 N–H and O–H groups in total. The summed E-state index contributed by atoms with van der Waals surface area (Å²) in [5, 5.41) is 20.0. The van der Waals surface area contributed by atoms with Gasteiger partial charge in [-0.2, -0.15) is 4.98 Å². The summed E-state index contributed by atoms with van der Waals surface area (Å²) in [5.41, 5.74) is -0.135. The highest BCUT2D eigenvalue weighted by molar-refractivity contribution is 5.85. The molecule has 78 valence electrons. The highest BCUT2D eigenvalue weighted by atomic mass is 16.4. The monoisotopic (exact) mass is 200 g/mol. The van der Waals surface area contributed by atoms with Gasteiger partial charge in [-0.3, -0.25) is 0 Å². The van der Waals surface area contributed by atoms with Gasteiger partial charge >= 0.3 is 5.97 Å². The second-order valence-electron chi connectivity index (χ2n) is 2.90. The number of carboxylic acids is 1. The van der Waals surface area contributed by atoms with Gasteiger partial charge in [0.15, 0.2) is 5.69 Å². The maximum absolute atomic E-state index is 10.4. The summed E-state index contributed by atoms with van der Waals surface area (Å²) < 4.78 is 4.86. The second-order valence-corrected chi connectivity index (χ2v) is 2.90. The van der Waals surface area contributed by atoms with E-state index in [1.165, 1.54) is 0 Å². The Morgan fingerprint density at radius 1 is 1.79 bits per heavy atom. The van der Waals surface area contributed by atoms with E-state index >= 15 is 0 Å². The van der Waals surface area contributed by atoms with Crippen LogP contribution >= 0.6 is 0 Å². The van der Waals surface area contributed by atoms with Gasteiger partial charge in [-0.05, 0) is 13.3 Å². The van der Waals surface area contributed by atoms with Gasteiger partial charge in [0.05, 0.1) is 0 Å². The lowest BCUT2D eigenvalue weighted by molar-refractivity contribution is 0.0690. The Morgan fingerprint density at radius 3 is 3.00 bits per heavy atom. The van der Waals surface area contributed by atoms with Crippen LogP contribution in [0.15, 0.2) is 10.7 Å². The van der Waals surface area contributed by atoms with E-state index in [1.807, 2.05) is 6.92 Å². The van der Waals surface area contributed by atoms with Crippen LogP contribution in [0.2, 0.25) is 0 Å². The molecule has 6 nitrogen and oxygen atoms in total. The average molecular weight is 200 g/mol. The van der Waals surface area contributed by atoms with Gasteiger partial charge in [-0.25, -0.2) is 4.79 Å². The SMILES string of the molecule is CC(CCO)Nc1nc(C(=O)O)co1. The first-order valence-electron chi connectivity index (χ1n) is 4.19. The van der Waals surface area contributed by atoms with Crippen LogP contribution in [0.25, 0.3) is 0 Å². The van der Waals surface area contributed by atoms with Crippen molar-refractivity contribution in [3.63, 3.8) is 0 Å². The number of anilines is 1. The molecule has 14 heavy (non-hydrogen) atoms. The van der Waals surface area contributed by atoms with Crippen LogP contribution in [-0.2, 0) is 0 Å². The van der Waals surface area contributed by atoms with Crippen LogP contribution in [0.5, 0.6) is 0 Å². The van der Waals surface area contributed by atoms with Crippen LogP contribution in [0.1, 0.15) is 23.8 Å². The van der Waals surface area contributed by atoms with Gasteiger partial charge in [0, 0.05) is 12.6 Å². The van der Waals surface area contributed by atoms with Crippen molar-refractivity contribution in [2.45, 2.75) is 19.4 Å². The lowest BCUT2D eigenvalue weighted by Crippen LogP contribution is -2.16. The molecule has 0 aliphatic carbocycles. The fraction of sp³-hybridized carbons (Fsp3) is 0.500. The summed E-state index contributed by atoms with van der Waals surface area (Å²) in [4.78, 5) is 14.1. The van der Waals surface area contributed by atoms with E-state index in [-0.39, 0.29) is 24.4 Å². The number of aromatic nitrogens is 1.